The smallest absolute Gasteiger partial charge is 0.206 e. The fourth-order valence-electron chi connectivity index (χ4n) is 4.58. The van der Waals surface area contributed by atoms with E-state index in [9.17, 15) is 18.6 Å². The van der Waals surface area contributed by atoms with E-state index in [0.29, 0.717) is 24.6 Å². The Morgan fingerprint density at radius 1 is 0.657 bits per heavy atom. The van der Waals surface area contributed by atoms with Gasteiger partial charge in [-0.25, -0.2) is 8.42 Å². The monoisotopic (exact) mass is 504 g/mol. The van der Waals surface area contributed by atoms with Gasteiger partial charge in [0.2, 0.25) is 9.84 Å². The molecule has 2 aromatic rings. The molecule has 4 rings (SSSR count). The van der Waals surface area contributed by atoms with Gasteiger partial charge < -0.3 is 29.5 Å². The summed E-state index contributed by atoms with van der Waals surface area (Å²) in [6, 6.07) is 12.5. The molecule has 0 amide bonds. The fourth-order valence-corrected chi connectivity index (χ4v) is 5.84. The largest absolute Gasteiger partial charge is 0.491 e. The molecule has 8 nitrogen and oxygen atoms in total. The van der Waals surface area contributed by atoms with Crippen LogP contribution in [0.15, 0.2) is 58.3 Å². The summed E-state index contributed by atoms with van der Waals surface area (Å²) in [4.78, 5) is 4.77. The van der Waals surface area contributed by atoms with Gasteiger partial charge in [0.25, 0.3) is 0 Å². The molecule has 0 bridgehead atoms. The highest BCUT2D eigenvalue weighted by Crippen LogP contribution is 2.25. The number of ether oxygens (including phenoxy) is 2. The molecule has 2 saturated heterocycles. The van der Waals surface area contributed by atoms with E-state index in [2.05, 4.69) is 9.80 Å². The minimum Gasteiger partial charge on any atom is -0.491 e. The third kappa shape index (κ3) is 7.41. The Labute approximate surface area is 208 Å². The summed E-state index contributed by atoms with van der Waals surface area (Å²) in [6.07, 6.45) is 3.50. The van der Waals surface area contributed by atoms with Crippen molar-refractivity contribution in [2.45, 2.75) is 47.7 Å². The third-order valence-corrected chi connectivity index (χ3v) is 8.27. The fraction of sp³-hybridized carbons (Fsp3) is 0.538. The van der Waals surface area contributed by atoms with Crippen LogP contribution in [0.3, 0.4) is 0 Å². The number of nitrogens with zero attached hydrogens (tertiary/aromatic N) is 2. The lowest BCUT2D eigenvalue weighted by molar-refractivity contribution is 0.0757. The average Bonchev–Trinajstić information content (AvgIpc) is 3.56. The van der Waals surface area contributed by atoms with Crippen molar-refractivity contribution in [3.63, 3.8) is 0 Å². The molecular formula is C26H36N2O6S. The van der Waals surface area contributed by atoms with Crippen molar-refractivity contribution in [1.82, 2.24) is 9.80 Å². The zero-order valence-corrected chi connectivity index (χ0v) is 20.9. The van der Waals surface area contributed by atoms with Crippen molar-refractivity contribution >= 4 is 9.84 Å². The Morgan fingerprint density at radius 3 is 1.34 bits per heavy atom. The number of aliphatic hydroxyl groups is 2. The second-order valence-electron chi connectivity index (χ2n) is 9.39. The van der Waals surface area contributed by atoms with Gasteiger partial charge in [-0.1, -0.05) is 0 Å². The normalized spacial score (nSPS) is 19.0. The van der Waals surface area contributed by atoms with E-state index in [-0.39, 0.29) is 23.0 Å². The van der Waals surface area contributed by atoms with Gasteiger partial charge in [0.1, 0.15) is 36.9 Å². The lowest BCUT2D eigenvalue weighted by Crippen LogP contribution is -2.33. The van der Waals surface area contributed by atoms with E-state index < -0.39 is 22.0 Å². The summed E-state index contributed by atoms with van der Waals surface area (Å²) in [6.45, 7) is 5.55. The SMILES string of the molecule is O=S(=O)(c1ccc(OC[C@@H](O)CN2CCCC2)cc1)c1ccc(OC[C@@H](O)CN2CCCC2)cc1. The van der Waals surface area contributed by atoms with E-state index in [1.807, 2.05) is 0 Å². The molecule has 0 saturated carbocycles. The molecule has 0 aliphatic carbocycles. The molecule has 2 aliphatic heterocycles. The zero-order chi connectivity index (χ0) is 24.7. The highest BCUT2D eigenvalue weighted by Gasteiger charge is 2.20. The Morgan fingerprint density at radius 2 is 1.00 bits per heavy atom. The van der Waals surface area contributed by atoms with E-state index in [0.717, 1.165) is 26.2 Å². The molecule has 2 fully saturated rings. The summed E-state index contributed by atoms with van der Waals surface area (Å²) in [7, 11) is -3.69. The molecule has 192 valence electrons. The van der Waals surface area contributed by atoms with E-state index in [4.69, 9.17) is 9.47 Å². The van der Waals surface area contributed by atoms with Gasteiger partial charge in [-0.2, -0.15) is 0 Å². The molecule has 2 atom stereocenters. The van der Waals surface area contributed by atoms with Gasteiger partial charge in [0.15, 0.2) is 0 Å². The van der Waals surface area contributed by atoms with Crippen LogP contribution in [-0.4, -0.2) is 93.1 Å². The van der Waals surface area contributed by atoms with E-state index >= 15 is 0 Å². The van der Waals surface area contributed by atoms with Crippen LogP contribution in [0.5, 0.6) is 11.5 Å². The first-order valence-electron chi connectivity index (χ1n) is 12.4. The van der Waals surface area contributed by atoms with Crippen LogP contribution < -0.4 is 9.47 Å². The van der Waals surface area contributed by atoms with Gasteiger partial charge in [0, 0.05) is 13.1 Å². The van der Waals surface area contributed by atoms with Gasteiger partial charge in [-0.05, 0) is 100 Å². The topological polar surface area (TPSA) is 99.5 Å². The van der Waals surface area contributed by atoms with Crippen LogP contribution in [0.2, 0.25) is 0 Å². The van der Waals surface area contributed by atoms with Crippen LogP contribution >= 0.6 is 0 Å². The number of β-amino-alcohol motifs (C(OH)–C–C–N with tert-alkyl or cyclic N) is 2. The van der Waals surface area contributed by atoms with Gasteiger partial charge in [-0.15, -0.1) is 0 Å². The maximum Gasteiger partial charge on any atom is 0.206 e. The first-order valence-corrected chi connectivity index (χ1v) is 13.9. The summed E-state index contributed by atoms with van der Waals surface area (Å²) in [5.41, 5.74) is 0. The number of sulfone groups is 1. The molecule has 35 heavy (non-hydrogen) atoms. The molecule has 0 aromatic heterocycles. The summed E-state index contributed by atoms with van der Waals surface area (Å²) in [5.74, 6) is 1.03. The number of benzene rings is 2. The number of likely N-dealkylation sites (tertiary alicyclic amines) is 2. The standard InChI is InChI=1S/C26H36N2O6S/c29-21(17-27-13-1-2-14-27)19-33-23-5-9-25(10-6-23)35(31,32)26-11-7-24(8-12-26)34-20-22(30)18-28-15-3-4-16-28/h5-12,21-22,29-30H,1-4,13-20H2/t21-,22-/m0/s1. The van der Waals surface area contributed by atoms with E-state index in [1.54, 1.807) is 24.3 Å². The number of hydrogen-bond donors (Lipinski definition) is 2. The number of rotatable bonds is 12. The van der Waals surface area contributed by atoms with Crippen molar-refractivity contribution in [3.8, 4) is 11.5 Å². The average molecular weight is 505 g/mol. The number of aliphatic hydroxyl groups excluding tert-OH is 2. The van der Waals surface area contributed by atoms with E-state index in [1.165, 1.54) is 49.9 Å². The van der Waals surface area contributed by atoms with Crippen LogP contribution in [0.25, 0.3) is 0 Å². The van der Waals surface area contributed by atoms with Crippen molar-refractivity contribution in [2.75, 3.05) is 52.5 Å². The zero-order valence-electron chi connectivity index (χ0n) is 20.1. The molecular weight excluding hydrogens is 468 g/mol. The molecule has 9 heteroatoms. The Balaban J connectivity index is 1.27. The quantitative estimate of drug-likeness (QED) is 0.454. The highest BCUT2D eigenvalue weighted by atomic mass is 32.2. The third-order valence-electron chi connectivity index (χ3n) is 6.49. The molecule has 2 aliphatic rings. The van der Waals surface area contributed by atoms with Crippen LogP contribution in [0.1, 0.15) is 25.7 Å². The van der Waals surface area contributed by atoms with Gasteiger partial charge in [0.05, 0.1) is 9.79 Å². The Bertz CT molecular complexity index is 939. The van der Waals surface area contributed by atoms with Crippen molar-refractivity contribution in [2.24, 2.45) is 0 Å². The van der Waals surface area contributed by atoms with Crippen LogP contribution in [0.4, 0.5) is 0 Å². The van der Waals surface area contributed by atoms with Crippen molar-refractivity contribution in [3.05, 3.63) is 48.5 Å². The Hall–Kier alpha value is -2.17. The summed E-state index contributed by atoms with van der Waals surface area (Å²) >= 11 is 0. The molecule has 2 aromatic carbocycles. The molecule has 0 spiro atoms. The molecule has 0 radical (unpaired) electrons. The Kier molecular flexibility index (Phi) is 9.02. The second kappa shape index (κ2) is 12.2. The van der Waals surface area contributed by atoms with Gasteiger partial charge >= 0.3 is 0 Å². The highest BCUT2D eigenvalue weighted by molar-refractivity contribution is 7.91. The first-order chi connectivity index (χ1) is 16.9. The lowest BCUT2D eigenvalue weighted by Gasteiger charge is -2.19. The maximum atomic E-state index is 13.0. The summed E-state index contributed by atoms with van der Waals surface area (Å²) in [5, 5.41) is 20.3. The van der Waals surface area contributed by atoms with Gasteiger partial charge in [-0.3, -0.25) is 0 Å². The maximum absolute atomic E-state index is 13.0. The minimum absolute atomic E-state index is 0.163. The predicted octanol–water partition coefficient (Wildman–Crippen LogP) is 2.19. The predicted molar refractivity (Wildman–Crippen MR) is 133 cm³/mol. The number of hydrogen-bond acceptors (Lipinski definition) is 8. The minimum atomic E-state index is -3.69. The molecule has 0 unspecified atom stereocenters. The van der Waals surface area contributed by atoms with Crippen molar-refractivity contribution in [1.29, 1.82) is 0 Å². The van der Waals surface area contributed by atoms with Crippen LogP contribution in [0, 0.1) is 0 Å². The van der Waals surface area contributed by atoms with Crippen LogP contribution in [-0.2, 0) is 9.84 Å². The first kappa shape index (κ1) is 25.9. The molecule has 2 heterocycles. The van der Waals surface area contributed by atoms with Crippen molar-refractivity contribution < 1.29 is 28.1 Å². The lowest BCUT2D eigenvalue weighted by atomic mass is 10.3. The summed E-state index contributed by atoms with van der Waals surface area (Å²) < 4.78 is 37.3. The second-order valence-corrected chi connectivity index (χ2v) is 11.3. The molecule has 2 N–H and O–H groups in total.